The van der Waals surface area contributed by atoms with E-state index >= 15 is 0 Å². The molecule has 3 aliphatic rings. The van der Waals surface area contributed by atoms with Crippen LogP contribution >= 0.6 is 58.5 Å². The maximum atomic E-state index is 13.0. The van der Waals surface area contributed by atoms with Crippen LogP contribution in [0.3, 0.4) is 0 Å². The van der Waals surface area contributed by atoms with Gasteiger partial charge in [-0.25, -0.2) is 0 Å². The second-order valence-electron chi connectivity index (χ2n) is 14.9. The smallest absolute Gasteiger partial charge is 0.232 e. The lowest BCUT2D eigenvalue weighted by Gasteiger charge is -2.24. The summed E-state index contributed by atoms with van der Waals surface area (Å²) in [6.45, 7) is 12.3. The van der Waals surface area contributed by atoms with Crippen LogP contribution in [0.25, 0.3) is 0 Å². The lowest BCUT2D eigenvalue weighted by molar-refractivity contribution is -0.141. The fourth-order valence-electron chi connectivity index (χ4n) is 6.23. The first kappa shape index (κ1) is 84.9. The van der Waals surface area contributed by atoms with Crippen LogP contribution in [-0.2, 0) is 274 Å². The van der Waals surface area contributed by atoms with Gasteiger partial charge in [-0.1, -0.05) is 19.9 Å². The number of pyridine rings is 1. The van der Waals surface area contributed by atoms with Gasteiger partial charge in [0.1, 0.15) is 23.7 Å². The average Bonchev–Trinajstić information content (AvgIpc) is 4.23. The summed E-state index contributed by atoms with van der Waals surface area (Å²) in [7, 11) is 46.8. The Morgan fingerprint density at radius 2 is 0.816 bits per heavy atom. The molecule has 2 amide bonds. The van der Waals surface area contributed by atoms with E-state index in [2.05, 4.69) is 22.4 Å². The number of ether oxygens (including phenoxy) is 3. The monoisotopic (exact) mass is 1760 g/mol. The third-order valence-electron chi connectivity index (χ3n) is 9.57. The number of hydrogen-bond donors (Lipinski definition) is 1. The first-order valence-corrected chi connectivity index (χ1v) is 61.0. The Bertz CT molecular complexity index is 3900. The van der Waals surface area contributed by atoms with E-state index < -0.39 is 10.5 Å². The lowest BCUT2D eigenvalue weighted by Crippen LogP contribution is -2.38. The quantitative estimate of drug-likeness (QED) is 0.140. The topological polar surface area (TPSA) is 127 Å². The van der Waals surface area contributed by atoms with Gasteiger partial charge < -0.3 is 29.3 Å². The van der Waals surface area contributed by atoms with Crippen LogP contribution in [0.1, 0.15) is 54.8 Å². The molecule has 4 aromatic rings. The maximum absolute atomic E-state index is 13.0. The van der Waals surface area contributed by atoms with Gasteiger partial charge in [0.2, 0.25) is 22.3 Å². The van der Waals surface area contributed by atoms with E-state index in [0.717, 1.165) is 79.9 Å². The van der Waals surface area contributed by atoms with E-state index in [0.29, 0.717) is 26.2 Å². The molecule has 42 heteroatoms. The molecule has 1 N–H and O–H groups in total. The van der Waals surface area contributed by atoms with Gasteiger partial charge in [0.05, 0.1) is 27.8 Å². The molecule has 0 saturated heterocycles. The van der Waals surface area contributed by atoms with Gasteiger partial charge in [-0.3, -0.25) is 24.2 Å². The van der Waals surface area contributed by atoms with Gasteiger partial charge in [0, 0.05) is 318 Å². The summed E-state index contributed by atoms with van der Waals surface area (Å²) in [6, 6.07) is 24.2. The summed E-state index contributed by atoms with van der Waals surface area (Å²) in [5.41, 5.74) is 5.65. The number of hydrogen-bond acceptors (Lipinski definition) is 14. The lowest BCUT2D eigenvalue weighted by atomic mass is 10.1. The maximum Gasteiger partial charge on any atom is 0.232 e. The second-order valence-corrected chi connectivity index (χ2v) is 61.6. The first-order valence-electron chi connectivity index (χ1n) is 24.0. The highest BCUT2D eigenvalue weighted by Gasteiger charge is 2.26. The van der Waals surface area contributed by atoms with Gasteiger partial charge >= 0.3 is 0 Å². The van der Waals surface area contributed by atoms with Crippen LogP contribution in [0.15, 0.2) is 87.5 Å². The highest BCUT2D eigenvalue weighted by atomic mass is 35.5. The Kier molecular flexibility index (Phi) is 55.5. The molecule has 0 aliphatic carbocycles. The largest absolute Gasteiger partial charge is 0.497 e. The molecule has 87 heavy (non-hydrogen) atoms. The van der Waals surface area contributed by atoms with E-state index in [1.165, 1.54) is 28.2 Å². The number of aromatic nitrogens is 1. The minimum absolute atomic E-state index is 0.103. The summed E-state index contributed by atoms with van der Waals surface area (Å²) in [5, 5.41) is 1.93. The molecule has 486 valence electrons. The van der Waals surface area contributed by atoms with Gasteiger partial charge in [-0.15, -0.1) is 35.3 Å². The molecule has 0 radical (unpaired) electrons. The summed E-state index contributed by atoms with van der Waals surface area (Å²) in [5.74, 6) is 5.04. The first-order chi connectivity index (χ1) is 42.3. The number of thioether (sulfide) groups is 3. The number of fused-ring (bicyclic) bond motifs is 3. The molecule has 3 aromatic carbocycles. The Labute approximate surface area is 611 Å². The van der Waals surface area contributed by atoms with Crippen molar-refractivity contribution >= 4 is 316 Å². The van der Waals surface area contributed by atoms with Crippen molar-refractivity contribution in [2.24, 2.45) is 0 Å². The molecule has 0 saturated carbocycles. The number of methoxy groups -OCH3 is 3. The number of carbonyl (C=O) groups excluding carboxylic acids is 4. The van der Waals surface area contributed by atoms with Crippen LogP contribution in [0.5, 0.6) is 17.2 Å². The van der Waals surface area contributed by atoms with Crippen LogP contribution in [0.4, 0.5) is 0 Å². The zero-order valence-corrected chi connectivity index (χ0v) is 71.7. The number of aryl methyl sites for hydroxylation is 2. The zero-order chi connectivity index (χ0) is 63.7. The number of carbonyl (C=O) groups is 4. The molecule has 3 aliphatic heterocycles. The zero-order valence-electron chi connectivity index (χ0n) is 46.5. The van der Waals surface area contributed by atoms with Crippen molar-refractivity contribution in [3.05, 3.63) is 101 Å². The number of benzene rings is 3. The fraction of sp³-hybridized carbons (Fsp3) is 0.400. The van der Waals surface area contributed by atoms with Crippen LogP contribution in [0.2, 0.25) is 0 Å². The molecule has 7 rings (SSSR count). The Hall–Kier alpha value is 1.80. The molecule has 0 unspecified atom stereocenters. The number of amides is 2. The molecule has 0 fully saturated rings. The molecule has 0 bridgehead atoms. The van der Waals surface area contributed by atoms with Crippen molar-refractivity contribution in [2.45, 2.75) is 74.9 Å². The normalized spacial score (nSPS) is 11.9. The minimum Gasteiger partial charge on any atom is -0.497 e. The molecular formula is C45H56Cl2N4O7S29. The molecule has 11 nitrogen and oxygen atoms in total. The highest BCUT2D eigenvalue weighted by Crippen LogP contribution is 2.33. The number of halogens is 2. The van der Waals surface area contributed by atoms with Crippen molar-refractivity contribution < 1.29 is 33.4 Å². The fourth-order valence-corrected chi connectivity index (χ4v) is 69.9. The van der Waals surface area contributed by atoms with Gasteiger partial charge in [0.25, 0.3) is 0 Å². The summed E-state index contributed by atoms with van der Waals surface area (Å²) < 4.78 is 15.9. The van der Waals surface area contributed by atoms with Crippen molar-refractivity contribution in [3.63, 3.8) is 0 Å². The SMILES string of the molecule is CC.COc1ccc2c(c1)CN(C(=O)CC(=O)N1CCSc3ccc(OC)cc3C1)CCS2.COc1ccc2c(c1)CNCCS2.Cc1cccc(C)n1.O=C(Cl)CC(=O)Cl.S=S=S=S=S=S=S=S=S=S=S=S=S=S=S=S=S=S=S=S=S=S=S=S=S=S. The highest BCUT2D eigenvalue weighted by molar-refractivity contribution is 8.79. The number of rotatable bonds is 7. The number of nitrogens with one attached hydrogen (secondary N) is 1. The third-order valence-corrected chi connectivity index (χ3v) is 64.3. The van der Waals surface area contributed by atoms with Gasteiger partial charge in [-0.05, 0) is 120 Å². The van der Waals surface area contributed by atoms with Crippen molar-refractivity contribution in [1.29, 1.82) is 0 Å². The standard InChI is InChI=1S/C23H26N2O4S2.C10H13NOS.C7H9N.C3H2Cl2O2.C2H6.S26/c1-28-18-3-5-20-16(11-18)14-24(7-9-30-20)22(26)13-23(27)25-8-10-31-21-6-4-19(29-2)12-17(21)15-25;1-12-9-2-3-10-8(6-9)7-11-4-5-13-10;1-6-4-3-5-7(2)8-6;4-2(6)1-3(5)7;1-2;1-3-5-7-9-11-13-15-17-19-21-23-25-26-24-22-20-18-16-14-12-10-8-6-4-2/h3-6,11-12H,7-10,13-15H2,1-2H3;2-3,6,11H,4-5,7H2,1H3;3-5H,1-2H3;1H2;1-2H3;. The molecule has 1 aromatic heterocycles. The van der Waals surface area contributed by atoms with E-state index in [1.54, 1.807) is 179 Å². The van der Waals surface area contributed by atoms with Gasteiger partial charge in [-0.2, -0.15) is 0 Å². The predicted molar refractivity (Wildman–Crippen MR) is 441 cm³/mol. The molecule has 0 atom stereocenters. The van der Waals surface area contributed by atoms with Gasteiger partial charge in [0.15, 0.2) is 0 Å². The van der Waals surface area contributed by atoms with E-state index in [1.807, 2.05) is 171 Å². The van der Waals surface area contributed by atoms with E-state index in [4.69, 9.17) is 59.8 Å². The Morgan fingerprint density at radius 1 is 0.494 bits per heavy atom. The van der Waals surface area contributed by atoms with Crippen LogP contribution in [-0.4, -0.2) is 95.3 Å². The van der Waals surface area contributed by atoms with E-state index in [9.17, 15) is 19.2 Å². The minimum atomic E-state index is -0.722. The van der Waals surface area contributed by atoms with Crippen LogP contribution in [0, 0.1) is 13.8 Å². The molecule has 0 spiro atoms. The Balaban J connectivity index is 0.000000409. The van der Waals surface area contributed by atoms with Crippen LogP contribution < -0.4 is 19.5 Å². The second kappa shape index (κ2) is 56.9. The van der Waals surface area contributed by atoms with E-state index in [-0.39, 0.29) is 24.7 Å². The molecular weight excluding hydrogens is 1710 g/mol. The summed E-state index contributed by atoms with van der Waals surface area (Å²) in [6.07, 6.45) is -0.489. The van der Waals surface area contributed by atoms with Crippen molar-refractivity contribution in [2.75, 3.05) is 58.2 Å². The summed E-state index contributed by atoms with van der Waals surface area (Å²) in [4.78, 5) is 56.9. The number of nitrogens with zero attached hydrogens (tertiary/aromatic N) is 3. The Morgan fingerprint density at radius 3 is 1.11 bits per heavy atom. The predicted octanol–water partition coefficient (Wildman–Crippen LogP) is 9.12. The summed E-state index contributed by atoms with van der Waals surface area (Å²) >= 11 is 24.4. The molecule has 4 heterocycles. The third kappa shape index (κ3) is 42.2. The average molecular weight is 1770 g/mol. The van der Waals surface area contributed by atoms with Crippen molar-refractivity contribution in [1.82, 2.24) is 20.1 Å². The van der Waals surface area contributed by atoms with Crippen molar-refractivity contribution in [3.8, 4) is 17.2 Å².